The van der Waals surface area contributed by atoms with Gasteiger partial charge in [-0.05, 0) is 25.8 Å². The Bertz CT molecular complexity index is 581. The van der Waals surface area contributed by atoms with Gasteiger partial charge in [-0.25, -0.2) is 10.5 Å². The molecule has 9 nitrogen and oxygen atoms in total. The number of hydrogen-bond acceptors (Lipinski definition) is 8. The summed E-state index contributed by atoms with van der Waals surface area (Å²) in [6.07, 6.45) is 5.63. The second kappa shape index (κ2) is 6.02. The van der Waals surface area contributed by atoms with Crippen LogP contribution in [-0.2, 0) is 4.74 Å². The molecule has 0 unspecified atom stereocenters. The van der Waals surface area contributed by atoms with Crippen molar-refractivity contribution in [1.29, 1.82) is 0 Å². The van der Waals surface area contributed by atoms with E-state index in [2.05, 4.69) is 30.8 Å². The van der Waals surface area contributed by atoms with Crippen LogP contribution in [0, 0.1) is 0 Å². The highest BCUT2D eigenvalue weighted by Gasteiger charge is 2.30. The summed E-state index contributed by atoms with van der Waals surface area (Å²) < 4.78 is 7.09. The van der Waals surface area contributed by atoms with Crippen LogP contribution in [0.3, 0.4) is 0 Å². The van der Waals surface area contributed by atoms with Crippen molar-refractivity contribution in [3.63, 3.8) is 0 Å². The lowest BCUT2D eigenvalue weighted by Crippen LogP contribution is -2.41. The molecule has 2 aromatic heterocycles. The first-order valence-corrected chi connectivity index (χ1v) is 6.89. The van der Waals surface area contributed by atoms with Crippen molar-refractivity contribution in [1.82, 2.24) is 24.7 Å². The molecule has 0 bridgehead atoms. The number of anilines is 2. The molecule has 1 aliphatic carbocycles. The zero-order valence-corrected chi connectivity index (χ0v) is 11.7. The number of nitrogens with zero attached hydrogens (tertiary/aromatic N) is 5. The third kappa shape index (κ3) is 3.09. The smallest absolute Gasteiger partial charge is 0.257 e. The van der Waals surface area contributed by atoms with Gasteiger partial charge in [-0.3, -0.25) is 5.43 Å². The third-order valence-electron chi connectivity index (χ3n) is 3.29. The molecule has 0 spiro atoms. The molecule has 2 aromatic rings. The fourth-order valence-corrected chi connectivity index (χ4v) is 2.22. The Morgan fingerprint density at radius 1 is 1.33 bits per heavy atom. The number of ether oxygens (including phenoxy) is 1. The van der Waals surface area contributed by atoms with Gasteiger partial charge in [0, 0.05) is 25.0 Å². The fraction of sp³-hybridized carbons (Fsp3) is 0.500. The molecule has 1 fully saturated rings. The van der Waals surface area contributed by atoms with Gasteiger partial charge in [0.25, 0.3) is 5.95 Å². The summed E-state index contributed by atoms with van der Waals surface area (Å²) >= 11 is 0. The van der Waals surface area contributed by atoms with Gasteiger partial charge in [0.05, 0.1) is 6.10 Å². The molecule has 112 valence electrons. The van der Waals surface area contributed by atoms with E-state index in [0.29, 0.717) is 30.0 Å². The molecule has 2 heterocycles. The normalized spacial score (nSPS) is 20.9. The first kappa shape index (κ1) is 13.7. The van der Waals surface area contributed by atoms with E-state index in [0.717, 1.165) is 19.4 Å². The van der Waals surface area contributed by atoms with Gasteiger partial charge in [0.15, 0.2) is 0 Å². The average molecular weight is 290 g/mol. The molecule has 0 amide bonds. The molecule has 9 heteroatoms. The summed E-state index contributed by atoms with van der Waals surface area (Å²) in [5.74, 6) is 6.57. The minimum atomic E-state index is 0.290. The van der Waals surface area contributed by atoms with E-state index < -0.39 is 0 Å². The van der Waals surface area contributed by atoms with Crippen molar-refractivity contribution >= 4 is 11.9 Å². The molecule has 0 radical (unpaired) electrons. The van der Waals surface area contributed by atoms with Gasteiger partial charge in [0.2, 0.25) is 11.9 Å². The van der Waals surface area contributed by atoms with Crippen LogP contribution < -0.4 is 16.6 Å². The minimum absolute atomic E-state index is 0.290. The first-order valence-electron chi connectivity index (χ1n) is 6.89. The zero-order valence-electron chi connectivity index (χ0n) is 11.7. The van der Waals surface area contributed by atoms with Crippen LogP contribution >= 0.6 is 0 Å². The number of nitrogens with one attached hydrogen (secondary N) is 2. The van der Waals surface area contributed by atoms with Gasteiger partial charge in [-0.15, -0.1) is 0 Å². The Labute approximate surface area is 121 Å². The number of hydrazine groups is 1. The predicted molar refractivity (Wildman–Crippen MR) is 76.8 cm³/mol. The Hall–Kier alpha value is -2.26. The van der Waals surface area contributed by atoms with Gasteiger partial charge in [0.1, 0.15) is 0 Å². The lowest BCUT2D eigenvalue weighted by Gasteiger charge is -2.35. The number of rotatable bonds is 6. The molecule has 1 aliphatic rings. The molecule has 21 heavy (non-hydrogen) atoms. The van der Waals surface area contributed by atoms with Crippen molar-refractivity contribution < 1.29 is 4.74 Å². The van der Waals surface area contributed by atoms with E-state index in [1.165, 1.54) is 0 Å². The van der Waals surface area contributed by atoms with Gasteiger partial charge < -0.3 is 10.1 Å². The SMILES string of the molecule is CCOC1CC(Nc2nc(NN)nc(-n3cccn3)n2)C1. The fourth-order valence-electron chi connectivity index (χ4n) is 2.22. The quantitative estimate of drug-likeness (QED) is 0.514. The maximum atomic E-state index is 5.53. The molecule has 0 aliphatic heterocycles. The number of hydrogen-bond donors (Lipinski definition) is 3. The molecule has 1 saturated carbocycles. The van der Waals surface area contributed by atoms with Crippen LogP contribution in [0.25, 0.3) is 5.95 Å². The van der Waals surface area contributed by atoms with Gasteiger partial charge in [-0.2, -0.15) is 20.1 Å². The lowest BCUT2D eigenvalue weighted by atomic mass is 9.89. The van der Waals surface area contributed by atoms with E-state index in [-0.39, 0.29) is 0 Å². The van der Waals surface area contributed by atoms with Crippen LogP contribution in [0.4, 0.5) is 11.9 Å². The molecular weight excluding hydrogens is 272 g/mol. The van der Waals surface area contributed by atoms with E-state index in [9.17, 15) is 0 Å². The Balaban J connectivity index is 1.72. The zero-order chi connectivity index (χ0) is 14.7. The third-order valence-corrected chi connectivity index (χ3v) is 3.29. The molecule has 0 aromatic carbocycles. The second-order valence-electron chi connectivity index (χ2n) is 4.77. The van der Waals surface area contributed by atoms with Gasteiger partial charge >= 0.3 is 0 Å². The van der Waals surface area contributed by atoms with Crippen molar-refractivity contribution in [2.24, 2.45) is 5.84 Å². The largest absolute Gasteiger partial charge is 0.378 e. The Morgan fingerprint density at radius 2 is 2.14 bits per heavy atom. The molecule has 3 rings (SSSR count). The highest BCUT2D eigenvalue weighted by Crippen LogP contribution is 2.26. The summed E-state index contributed by atoms with van der Waals surface area (Å²) in [7, 11) is 0. The van der Waals surface area contributed by atoms with Crippen LogP contribution in [0.2, 0.25) is 0 Å². The number of aromatic nitrogens is 5. The molecule has 4 N–H and O–H groups in total. The van der Waals surface area contributed by atoms with Crippen molar-refractivity contribution in [2.45, 2.75) is 31.9 Å². The first-order chi connectivity index (χ1) is 10.3. The Kier molecular flexibility index (Phi) is 3.93. The number of nitrogen functional groups attached to an aromatic ring is 1. The van der Waals surface area contributed by atoms with Crippen molar-refractivity contribution in [3.8, 4) is 5.95 Å². The van der Waals surface area contributed by atoms with Crippen molar-refractivity contribution in [3.05, 3.63) is 18.5 Å². The molecular formula is C12H18N8O. The van der Waals surface area contributed by atoms with E-state index in [1.54, 1.807) is 23.1 Å². The average Bonchev–Trinajstić information content (AvgIpc) is 2.99. The summed E-state index contributed by atoms with van der Waals surface area (Å²) in [5, 5.41) is 7.37. The summed E-state index contributed by atoms with van der Waals surface area (Å²) in [5.41, 5.74) is 2.44. The van der Waals surface area contributed by atoms with E-state index in [1.807, 2.05) is 6.92 Å². The Morgan fingerprint density at radius 3 is 2.81 bits per heavy atom. The second-order valence-corrected chi connectivity index (χ2v) is 4.77. The summed E-state index contributed by atoms with van der Waals surface area (Å²) in [6.45, 7) is 2.75. The highest BCUT2D eigenvalue weighted by atomic mass is 16.5. The maximum Gasteiger partial charge on any atom is 0.257 e. The summed E-state index contributed by atoms with van der Waals surface area (Å²) in [4.78, 5) is 12.7. The molecule has 0 saturated heterocycles. The number of nitrogens with two attached hydrogens (primary N) is 1. The van der Waals surface area contributed by atoms with Crippen LogP contribution in [0.1, 0.15) is 19.8 Å². The maximum absolute atomic E-state index is 5.53. The minimum Gasteiger partial charge on any atom is -0.378 e. The van der Waals surface area contributed by atoms with Crippen molar-refractivity contribution in [2.75, 3.05) is 17.3 Å². The van der Waals surface area contributed by atoms with E-state index in [4.69, 9.17) is 10.6 Å². The van der Waals surface area contributed by atoms with Crippen LogP contribution in [0.5, 0.6) is 0 Å². The monoisotopic (exact) mass is 290 g/mol. The van der Waals surface area contributed by atoms with E-state index >= 15 is 0 Å². The van der Waals surface area contributed by atoms with Crippen LogP contribution in [0.15, 0.2) is 18.5 Å². The predicted octanol–water partition coefficient (Wildman–Crippen LogP) is 0.322. The van der Waals surface area contributed by atoms with Gasteiger partial charge in [-0.1, -0.05) is 0 Å². The molecule has 0 atom stereocenters. The summed E-state index contributed by atoms with van der Waals surface area (Å²) in [6, 6.07) is 2.10. The van der Waals surface area contributed by atoms with Crippen LogP contribution in [-0.4, -0.2) is 43.5 Å². The standard InChI is InChI=1S/C12H18N8O/c1-2-21-9-6-8(7-9)15-10-16-11(19-13)18-12(17-10)20-5-3-4-14-20/h3-5,8-9H,2,6-7,13H2,1H3,(H2,15,16,17,18,19). The lowest BCUT2D eigenvalue weighted by molar-refractivity contribution is 0.00285. The topological polar surface area (TPSA) is 116 Å². The highest BCUT2D eigenvalue weighted by molar-refractivity contribution is 5.38.